The highest BCUT2D eigenvalue weighted by atomic mass is 79.9. The van der Waals surface area contributed by atoms with Gasteiger partial charge in [-0.1, -0.05) is 23.7 Å². The molecule has 0 aliphatic rings. The second-order valence-electron chi connectivity index (χ2n) is 4.49. The van der Waals surface area contributed by atoms with Gasteiger partial charge < -0.3 is 10.5 Å². The van der Waals surface area contributed by atoms with Gasteiger partial charge in [-0.15, -0.1) is 0 Å². The number of methoxy groups -OCH3 is 1. The van der Waals surface area contributed by atoms with E-state index in [1.165, 1.54) is 12.1 Å². The Balaban J connectivity index is 2.46. The second-order valence-corrected chi connectivity index (χ2v) is 5.76. The van der Waals surface area contributed by atoms with Crippen molar-refractivity contribution in [2.45, 2.75) is 13.0 Å². The lowest BCUT2D eigenvalue weighted by Crippen LogP contribution is -2.14. The highest BCUT2D eigenvalue weighted by Crippen LogP contribution is 2.32. The molecule has 20 heavy (non-hydrogen) atoms. The van der Waals surface area contributed by atoms with Gasteiger partial charge in [-0.25, -0.2) is 4.39 Å². The summed E-state index contributed by atoms with van der Waals surface area (Å²) >= 11 is 9.19. The van der Waals surface area contributed by atoms with Crippen LogP contribution in [0.4, 0.5) is 4.39 Å². The molecule has 0 saturated heterocycles. The van der Waals surface area contributed by atoms with Gasteiger partial charge in [0.25, 0.3) is 0 Å². The smallest absolute Gasteiger partial charge is 0.129 e. The molecule has 0 radical (unpaired) electrons. The number of ether oxygens (including phenoxy) is 1. The monoisotopic (exact) mass is 357 g/mol. The number of hydrogen-bond donors (Lipinski definition) is 1. The van der Waals surface area contributed by atoms with Crippen LogP contribution in [-0.4, -0.2) is 7.11 Å². The van der Waals surface area contributed by atoms with Crippen molar-refractivity contribution in [3.63, 3.8) is 0 Å². The van der Waals surface area contributed by atoms with Gasteiger partial charge in [0.15, 0.2) is 0 Å². The van der Waals surface area contributed by atoms with Crippen molar-refractivity contribution < 1.29 is 9.13 Å². The Bertz CT molecular complexity index is 648. The number of halogens is 3. The van der Waals surface area contributed by atoms with Crippen LogP contribution in [0.2, 0.25) is 5.02 Å². The largest absolute Gasteiger partial charge is 0.496 e. The maximum atomic E-state index is 14.0. The Kier molecular flexibility index (Phi) is 4.68. The van der Waals surface area contributed by atoms with Gasteiger partial charge in [-0.05, 0) is 52.2 Å². The molecule has 0 heterocycles. The molecular weight excluding hydrogens is 345 g/mol. The zero-order valence-corrected chi connectivity index (χ0v) is 13.4. The van der Waals surface area contributed by atoms with Gasteiger partial charge in [-0.3, -0.25) is 0 Å². The first kappa shape index (κ1) is 15.3. The second kappa shape index (κ2) is 6.12. The molecule has 2 N–H and O–H groups in total. The van der Waals surface area contributed by atoms with Crippen LogP contribution in [0.25, 0.3) is 0 Å². The number of nitrogens with two attached hydrogens (primary N) is 1. The predicted molar refractivity (Wildman–Crippen MR) is 82.9 cm³/mol. The first-order valence-corrected chi connectivity index (χ1v) is 7.15. The van der Waals surface area contributed by atoms with Crippen LogP contribution in [0.1, 0.15) is 22.7 Å². The number of rotatable bonds is 3. The number of hydrogen-bond acceptors (Lipinski definition) is 2. The average Bonchev–Trinajstić information content (AvgIpc) is 2.42. The first-order valence-electron chi connectivity index (χ1n) is 5.98. The SMILES string of the molecule is COc1cc(C(N)c2cc(Cl)c(Br)cc2F)ccc1C. The molecule has 1 unspecified atom stereocenters. The summed E-state index contributed by atoms with van der Waals surface area (Å²) in [5.41, 5.74) is 8.26. The van der Waals surface area contributed by atoms with Gasteiger partial charge >= 0.3 is 0 Å². The highest BCUT2D eigenvalue weighted by molar-refractivity contribution is 9.10. The van der Waals surface area contributed by atoms with E-state index < -0.39 is 11.9 Å². The van der Waals surface area contributed by atoms with Gasteiger partial charge in [0, 0.05) is 10.0 Å². The summed E-state index contributed by atoms with van der Waals surface area (Å²) in [6.45, 7) is 1.94. The third-order valence-electron chi connectivity index (χ3n) is 3.17. The minimum absolute atomic E-state index is 0.351. The van der Waals surface area contributed by atoms with Crippen molar-refractivity contribution in [1.29, 1.82) is 0 Å². The molecule has 0 spiro atoms. The van der Waals surface area contributed by atoms with Crippen LogP contribution in [0.3, 0.4) is 0 Å². The molecule has 0 aliphatic heterocycles. The van der Waals surface area contributed by atoms with Crippen molar-refractivity contribution in [1.82, 2.24) is 0 Å². The lowest BCUT2D eigenvalue weighted by molar-refractivity contribution is 0.411. The summed E-state index contributed by atoms with van der Waals surface area (Å²) in [7, 11) is 1.59. The van der Waals surface area contributed by atoms with Crippen molar-refractivity contribution in [2.75, 3.05) is 7.11 Å². The van der Waals surface area contributed by atoms with Gasteiger partial charge in [-0.2, -0.15) is 0 Å². The third kappa shape index (κ3) is 2.97. The van der Waals surface area contributed by atoms with E-state index in [1.807, 2.05) is 25.1 Å². The normalized spacial score (nSPS) is 12.3. The summed E-state index contributed by atoms with van der Waals surface area (Å²) in [6, 6.07) is 7.83. The summed E-state index contributed by atoms with van der Waals surface area (Å²) in [5.74, 6) is 0.329. The van der Waals surface area contributed by atoms with Crippen LogP contribution in [0.15, 0.2) is 34.8 Å². The summed E-state index contributed by atoms with van der Waals surface area (Å²) in [5, 5.41) is 0.427. The first-order chi connectivity index (χ1) is 9.43. The Labute approximate surface area is 130 Å². The van der Waals surface area contributed by atoms with Crippen LogP contribution in [0.5, 0.6) is 5.75 Å². The Morgan fingerprint density at radius 3 is 2.65 bits per heavy atom. The molecule has 2 nitrogen and oxygen atoms in total. The molecule has 2 rings (SSSR count). The molecule has 2 aromatic rings. The molecule has 0 bridgehead atoms. The minimum Gasteiger partial charge on any atom is -0.496 e. The maximum Gasteiger partial charge on any atom is 0.129 e. The van der Waals surface area contributed by atoms with E-state index in [2.05, 4.69) is 15.9 Å². The lowest BCUT2D eigenvalue weighted by atomic mass is 9.98. The Morgan fingerprint density at radius 1 is 1.30 bits per heavy atom. The number of benzene rings is 2. The van der Waals surface area contributed by atoms with E-state index in [0.29, 0.717) is 15.1 Å². The minimum atomic E-state index is -0.602. The zero-order valence-electron chi connectivity index (χ0n) is 11.1. The van der Waals surface area contributed by atoms with E-state index in [4.69, 9.17) is 22.1 Å². The Hall–Kier alpha value is -1.10. The lowest BCUT2D eigenvalue weighted by Gasteiger charge is -2.16. The van der Waals surface area contributed by atoms with Gasteiger partial charge in [0.1, 0.15) is 11.6 Å². The molecule has 2 aromatic carbocycles. The van der Waals surface area contributed by atoms with E-state index >= 15 is 0 Å². The Morgan fingerprint density at radius 2 is 2.00 bits per heavy atom. The molecular formula is C15H14BrClFNO. The van der Waals surface area contributed by atoms with E-state index in [0.717, 1.165) is 16.9 Å². The van der Waals surface area contributed by atoms with E-state index in [1.54, 1.807) is 7.11 Å². The topological polar surface area (TPSA) is 35.2 Å². The van der Waals surface area contributed by atoms with E-state index in [9.17, 15) is 4.39 Å². The van der Waals surface area contributed by atoms with E-state index in [-0.39, 0.29) is 0 Å². The molecule has 0 saturated carbocycles. The van der Waals surface area contributed by atoms with Crippen molar-refractivity contribution >= 4 is 27.5 Å². The van der Waals surface area contributed by atoms with Crippen molar-refractivity contribution in [3.05, 3.63) is 62.3 Å². The van der Waals surface area contributed by atoms with Crippen molar-refractivity contribution in [2.24, 2.45) is 5.73 Å². The molecule has 5 heteroatoms. The summed E-state index contributed by atoms with van der Waals surface area (Å²) in [6.07, 6.45) is 0. The molecule has 0 amide bonds. The fourth-order valence-electron chi connectivity index (χ4n) is 1.99. The third-order valence-corrected chi connectivity index (χ3v) is 4.36. The quantitative estimate of drug-likeness (QED) is 0.813. The van der Waals surface area contributed by atoms with Crippen LogP contribution in [0, 0.1) is 12.7 Å². The maximum absolute atomic E-state index is 14.0. The highest BCUT2D eigenvalue weighted by Gasteiger charge is 2.17. The van der Waals surface area contributed by atoms with Gasteiger partial charge in [0.2, 0.25) is 0 Å². The molecule has 0 fully saturated rings. The van der Waals surface area contributed by atoms with Gasteiger partial charge in [0.05, 0.1) is 18.2 Å². The predicted octanol–water partition coefficient (Wildman–Crippen LogP) is 4.61. The average molecular weight is 359 g/mol. The van der Waals surface area contributed by atoms with Crippen LogP contribution < -0.4 is 10.5 Å². The molecule has 0 aliphatic carbocycles. The van der Waals surface area contributed by atoms with Crippen LogP contribution >= 0.6 is 27.5 Å². The summed E-state index contributed by atoms with van der Waals surface area (Å²) < 4.78 is 19.8. The zero-order chi connectivity index (χ0) is 14.9. The number of aryl methyl sites for hydroxylation is 1. The fraction of sp³-hybridized carbons (Fsp3) is 0.200. The van der Waals surface area contributed by atoms with Crippen molar-refractivity contribution in [3.8, 4) is 5.75 Å². The molecule has 1 atom stereocenters. The molecule has 0 aromatic heterocycles. The summed E-state index contributed by atoms with van der Waals surface area (Å²) in [4.78, 5) is 0. The standard InChI is InChI=1S/C15H14BrClFNO/c1-8-3-4-9(5-14(8)20-2)15(19)10-6-12(17)11(16)7-13(10)18/h3-7,15H,19H2,1-2H3. The molecule has 106 valence electrons. The van der Waals surface area contributed by atoms with Crippen LogP contribution in [-0.2, 0) is 0 Å². The fourth-order valence-corrected chi connectivity index (χ4v) is 2.47.